The Morgan fingerprint density at radius 3 is 2.58 bits per heavy atom. The molecule has 0 nitrogen and oxygen atoms in total. The molecule has 0 spiro atoms. The van der Waals surface area contributed by atoms with Gasteiger partial charge in [0.2, 0.25) is 0 Å². The van der Waals surface area contributed by atoms with Gasteiger partial charge in [-0.25, -0.2) is 0 Å². The van der Waals surface area contributed by atoms with E-state index in [0.29, 0.717) is 10.0 Å². The summed E-state index contributed by atoms with van der Waals surface area (Å²) in [7, 11) is 0. The molecular weight excluding hydrogens is 191 g/mol. The summed E-state index contributed by atoms with van der Waals surface area (Å²) in [6, 6.07) is 5.43. The first-order valence-electron chi connectivity index (χ1n) is 3.42. The summed E-state index contributed by atoms with van der Waals surface area (Å²) in [5.41, 5.74) is 1.61. The number of rotatable bonds is 2. The molecule has 0 unspecified atom stereocenters. The zero-order valence-corrected chi connectivity index (χ0v) is 7.99. The van der Waals surface area contributed by atoms with Crippen LogP contribution in [0.1, 0.15) is 5.56 Å². The summed E-state index contributed by atoms with van der Waals surface area (Å²) in [5, 5.41) is 1.07. The standard InChI is InChI=1S/C10H8Cl2/c1-3-7(2)8-5-4-6-9(11)10(8)12/h3-6H,1-2H2. The van der Waals surface area contributed by atoms with E-state index in [-0.39, 0.29) is 0 Å². The van der Waals surface area contributed by atoms with Crippen molar-refractivity contribution < 1.29 is 0 Å². The van der Waals surface area contributed by atoms with Crippen molar-refractivity contribution in [3.05, 3.63) is 53.0 Å². The molecule has 0 bridgehead atoms. The molecule has 0 fully saturated rings. The third-order valence-electron chi connectivity index (χ3n) is 1.54. The fraction of sp³-hybridized carbons (Fsp3) is 0. The summed E-state index contributed by atoms with van der Waals surface area (Å²) in [6.07, 6.45) is 1.65. The highest BCUT2D eigenvalue weighted by Gasteiger charge is 2.04. The Hall–Kier alpha value is -0.720. The van der Waals surface area contributed by atoms with Gasteiger partial charge in [-0.3, -0.25) is 0 Å². The zero-order chi connectivity index (χ0) is 9.14. The summed E-state index contributed by atoms with van der Waals surface area (Å²) in [5.74, 6) is 0. The van der Waals surface area contributed by atoms with Crippen molar-refractivity contribution in [1.29, 1.82) is 0 Å². The highest BCUT2D eigenvalue weighted by atomic mass is 35.5. The van der Waals surface area contributed by atoms with Gasteiger partial charge in [0.15, 0.2) is 0 Å². The van der Waals surface area contributed by atoms with Crippen molar-refractivity contribution in [2.75, 3.05) is 0 Å². The van der Waals surface area contributed by atoms with Gasteiger partial charge in [0.05, 0.1) is 10.0 Å². The highest BCUT2D eigenvalue weighted by Crippen LogP contribution is 2.29. The lowest BCUT2D eigenvalue weighted by Crippen LogP contribution is -1.81. The molecule has 0 aliphatic heterocycles. The average molecular weight is 199 g/mol. The summed E-state index contributed by atoms with van der Waals surface area (Å²) in [4.78, 5) is 0. The van der Waals surface area contributed by atoms with E-state index < -0.39 is 0 Å². The predicted molar refractivity (Wildman–Crippen MR) is 55.7 cm³/mol. The smallest absolute Gasteiger partial charge is 0.0670 e. The van der Waals surface area contributed by atoms with E-state index in [1.807, 2.05) is 12.1 Å². The second-order valence-electron chi connectivity index (χ2n) is 2.33. The van der Waals surface area contributed by atoms with E-state index in [2.05, 4.69) is 13.2 Å². The molecule has 0 amide bonds. The molecule has 0 heterocycles. The Balaban J connectivity index is 3.25. The van der Waals surface area contributed by atoms with E-state index in [1.165, 1.54) is 0 Å². The van der Waals surface area contributed by atoms with Gasteiger partial charge in [0.25, 0.3) is 0 Å². The van der Waals surface area contributed by atoms with E-state index in [1.54, 1.807) is 12.1 Å². The molecule has 0 aliphatic rings. The van der Waals surface area contributed by atoms with Crippen molar-refractivity contribution in [2.24, 2.45) is 0 Å². The Labute approximate surface area is 82.1 Å². The number of halogens is 2. The molecule has 0 aliphatic carbocycles. The van der Waals surface area contributed by atoms with E-state index in [4.69, 9.17) is 23.2 Å². The van der Waals surface area contributed by atoms with Crippen LogP contribution in [-0.2, 0) is 0 Å². The van der Waals surface area contributed by atoms with Gasteiger partial charge in [-0.05, 0) is 11.6 Å². The molecule has 0 radical (unpaired) electrons. The summed E-state index contributed by atoms with van der Waals surface area (Å²) in [6.45, 7) is 7.39. The van der Waals surface area contributed by atoms with E-state index in [9.17, 15) is 0 Å². The second-order valence-corrected chi connectivity index (χ2v) is 3.12. The van der Waals surface area contributed by atoms with E-state index in [0.717, 1.165) is 11.1 Å². The molecule has 0 saturated heterocycles. The molecule has 12 heavy (non-hydrogen) atoms. The number of allylic oxidation sites excluding steroid dienone is 2. The van der Waals surface area contributed by atoms with Crippen molar-refractivity contribution in [3.8, 4) is 0 Å². The van der Waals surface area contributed by atoms with Crippen LogP contribution in [0.15, 0.2) is 37.4 Å². The number of benzene rings is 1. The summed E-state index contributed by atoms with van der Waals surface area (Å²) < 4.78 is 0. The lowest BCUT2D eigenvalue weighted by atomic mass is 10.1. The fourth-order valence-corrected chi connectivity index (χ4v) is 1.28. The number of hydrogen-bond acceptors (Lipinski definition) is 0. The van der Waals surface area contributed by atoms with Crippen LogP contribution in [0.2, 0.25) is 10.0 Å². The quantitative estimate of drug-likeness (QED) is 0.626. The first kappa shape index (κ1) is 9.37. The van der Waals surface area contributed by atoms with Gasteiger partial charge >= 0.3 is 0 Å². The van der Waals surface area contributed by atoms with Gasteiger partial charge in [-0.1, -0.05) is 54.6 Å². The second kappa shape index (κ2) is 3.79. The molecule has 1 aromatic carbocycles. The lowest BCUT2D eigenvalue weighted by Gasteiger charge is -2.03. The minimum atomic E-state index is 0.532. The minimum Gasteiger partial charge on any atom is -0.0985 e. The fourth-order valence-electron chi connectivity index (χ4n) is 0.862. The first-order chi connectivity index (χ1) is 5.66. The van der Waals surface area contributed by atoms with Gasteiger partial charge in [0, 0.05) is 5.56 Å². The maximum absolute atomic E-state index is 5.93. The Bertz CT molecular complexity index is 327. The average Bonchev–Trinajstić information content (AvgIpc) is 2.08. The van der Waals surface area contributed by atoms with Crippen LogP contribution in [0.3, 0.4) is 0 Å². The highest BCUT2D eigenvalue weighted by molar-refractivity contribution is 6.43. The van der Waals surface area contributed by atoms with Crippen LogP contribution in [-0.4, -0.2) is 0 Å². The molecule has 62 valence electrons. The normalized spacial score (nSPS) is 9.50. The molecule has 0 N–H and O–H groups in total. The maximum atomic E-state index is 5.93. The Morgan fingerprint density at radius 2 is 2.00 bits per heavy atom. The van der Waals surface area contributed by atoms with Crippen LogP contribution in [0.4, 0.5) is 0 Å². The molecule has 0 atom stereocenters. The molecule has 1 rings (SSSR count). The largest absolute Gasteiger partial charge is 0.0985 e. The summed E-state index contributed by atoms with van der Waals surface area (Å²) >= 11 is 11.7. The lowest BCUT2D eigenvalue weighted by molar-refractivity contribution is 1.63. The van der Waals surface area contributed by atoms with Gasteiger partial charge in [0.1, 0.15) is 0 Å². The van der Waals surface area contributed by atoms with Crippen LogP contribution in [0, 0.1) is 0 Å². The molecule has 1 aromatic rings. The van der Waals surface area contributed by atoms with Crippen molar-refractivity contribution >= 4 is 28.8 Å². The molecule has 0 aromatic heterocycles. The van der Waals surface area contributed by atoms with Crippen LogP contribution >= 0.6 is 23.2 Å². The van der Waals surface area contributed by atoms with Crippen molar-refractivity contribution in [1.82, 2.24) is 0 Å². The van der Waals surface area contributed by atoms with Gasteiger partial charge in [-0.2, -0.15) is 0 Å². The predicted octanol–water partition coefficient (Wildman–Crippen LogP) is 4.19. The van der Waals surface area contributed by atoms with Crippen LogP contribution < -0.4 is 0 Å². The molecular formula is C10H8Cl2. The van der Waals surface area contributed by atoms with E-state index >= 15 is 0 Å². The Morgan fingerprint density at radius 1 is 1.33 bits per heavy atom. The van der Waals surface area contributed by atoms with Gasteiger partial charge < -0.3 is 0 Å². The zero-order valence-electron chi connectivity index (χ0n) is 6.48. The molecule has 2 heteroatoms. The van der Waals surface area contributed by atoms with Crippen molar-refractivity contribution in [2.45, 2.75) is 0 Å². The first-order valence-corrected chi connectivity index (χ1v) is 4.18. The Kier molecular flexibility index (Phi) is 2.96. The SMILES string of the molecule is C=CC(=C)c1cccc(Cl)c1Cl. The maximum Gasteiger partial charge on any atom is 0.0670 e. The van der Waals surface area contributed by atoms with Crippen molar-refractivity contribution in [3.63, 3.8) is 0 Å². The topological polar surface area (TPSA) is 0 Å². The molecule has 0 saturated carbocycles. The van der Waals surface area contributed by atoms with Gasteiger partial charge in [-0.15, -0.1) is 0 Å². The third-order valence-corrected chi connectivity index (χ3v) is 2.36. The third kappa shape index (κ3) is 1.71. The van der Waals surface area contributed by atoms with Crippen LogP contribution in [0.25, 0.3) is 5.57 Å². The minimum absolute atomic E-state index is 0.532. The monoisotopic (exact) mass is 198 g/mol. The van der Waals surface area contributed by atoms with Crippen LogP contribution in [0.5, 0.6) is 0 Å². The number of hydrogen-bond donors (Lipinski definition) is 0.